The highest BCUT2D eigenvalue weighted by atomic mass is 28.3. The molecule has 4 rings (SSSR count). The summed E-state index contributed by atoms with van der Waals surface area (Å²) < 4.78 is 8.08. The summed E-state index contributed by atoms with van der Waals surface area (Å²) in [6.07, 6.45) is 4.64. The Labute approximate surface area is 164 Å². The monoisotopic (exact) mass is 386 g/mol. The van der Waals surface area contributed by atoms with Crippen molar-refractivity contribution in [1.82, 2.24) is 14.5 Å². The first-order valence-corrected chi connectivity index (χ1v) is 14.1. The van der Waals surface area contributed by atoms with E-state index >= 15 is 0 Å². The van der Waals surface area contributed by atoms with Gasteiger partial charge in [-0.1, -0.05) is 19.6 Å². The van der Waals surface area contributed by atoms with E-state index in [0.717, 1.165) is 31.3 Å². The third-order valence-electron chi connectivity index (χ3n) is 6.09. The van der Waals surface area contributed by atoms with Gasteiger partial charge in [0.1, 0.15) is 6.73 Å². The molecule has 0 saturated carbocycles. The Bertz CT molecular complexity index is 797. The van der Waals surface area contributed by atoms with Gasteiger partial charge in [0.15, 0.2) is 0 Å². The van der Waals surface area contributed by atoms with Gasteiger partial charge in [-0.05, 0) is 50.1 Å². The van der Waals surface area contributed by atoms with Crippen molar-refractivity contribution in [1.29, 1.82) is 0 Å². The Hall–Kier alpha value is -1.37. The Balaban J connectivity index is 1.46. The Morgan fingerprint density at radius 2 is 2.04 bits per heavy atom. The van der Waals surface area contributed by atoms with E-state index in [0.29, 0.717) is 6.73 Å². The fourth-order valence-electron chi connectivity index (χ4n) is 4.39. The summed E-state index contributed by atoms with van der Waals surface area (Å²) in [7, 11) is -1.04. The van der Waals surface area contributed by atoms with Crippen molar-refractivity contribution in [3.8, 4) is 0 Å². The Kier molecular flexibility index (Phi) is 5.31. The highest BCUT2D eigenvalue weighted by Gasteiger charge is 2.31. The number of aryl methyl sites for hydroxylation is 1. The lowest BCUT2D eigenvalue weighted by Crippen LogP contribution is -2.50. The lowest BCUT2D eigenvalue weighted by molar-refractivity contribution is 0.0898. The van der Waals surface area contributed by atoms with E-state index in [9.17, 15) is 0 Å². The minimum atomic E-state index is -1.04. The maximum Gasteiger partial charge on any atom is 0.124 e. The average molecular weight is 387 g/mol. The molecule has 0 aliphatic carbocycles. The van der Waals surface area contributed by atoms with Crippen LogP contribution in [0.2, 0.25) is 25.7 Å². The molecule has 2 fully saturated rings. The molecule has 3 heterocycles. The van der Waals surface area contributed by atoms with Crippen LogP contribution in [0, 0.1) is 6.92 Å². The summed E-state index contributed by atoms with van der Waals surface area (Å²) in [6, 6.07) is 6.52. The van der Waals surface area contributed by atoms with Crippen LogP contribution in [0.4, 0.5) is 5.69 Å². The maximum atomic E-state index is 5.94. The van der Waals surface area contributed by atoms with E-state index in [-0.39, 0.29) is 0 Å². The number of rotatable bonds is 6. The van der Waals surface area contributed by atoms with Gasteiger partial charge >= 0.3 is 0 Å². The first kappa shape index (κ1) is 19.0. The van der Waals surface area contributed by atoms with Crippen LogP contribution >= 0.6 is 0 Å². The molecule has 2 saturated heterocycles. The molecule has 2 aliphatic heterocycles. The Morgan fingerprint density at radius 1 is 1.19 bits per heavy atom. The number of aromatic nitrogens is 2. The van der Waals surface area contributed by atoms with Gasteiger partial charge in [0.05, 0.1) is 17.4 Å². The van der Waals surface area contributed by atoms with Crippen molar-refractivity contribution >= 4 is 24.8 Å². The molecule has 1 aromatic carbocycles. The fraction of sp³-hybridized carbons (Fsp3) is 0.667. The number of fused-ring (bicyclic) bond motifs is 2. The molecule has 148 valence electrons. The van der Waals surface area contributed by atoms with E-state index in [1.165, 1.54) is 48.7 Å². The Morgan fingerprint density at radius 3 is 2.85 bits per heavy atom. The van der Waals surface area contributed by atoms with Crippen molar-refractivity contribution in [3.05, 3.63) is 24.0 Å². The third kappa shape index (κ3) is 4.23. The predicted octanol–water partition coefficient (Wildman–Crippen LogP) is 3.94. The van der Waals surface area contributed by atoms with Crippen LogP contribution in [-0.4, -0.2) is 61.4 Å². The quantitative estimate of drug-likeness (QED) is 0.556. The minimum absolute atomic E-state index is 0.598. The lowest BCUT2D eigenvalue weighted by Gasteiger charge is -2.39. The van der Waals surface area contributed by atoms with Crippen molar-refractivity contribution in [2.24, 2.45) is 0 Å². The number of anilines is 1. The highest BCUT2D eigenvalue weighted by Crippen LogP contribution is 2.30. The molecule has 27 heavy (non-hydrogen) atoms. The van der Waals surface area contributed by atoms with E-state index in [1.54, 1.807) is 0 Å². The maximum absolute atomic E-state index is 5.94. The summed E-state index contributed by atoms with van der Waals surface area (Å²) >= 11 is 0. The lowest BCUT2D eigenvalue weighted by atomic mass is 10.1. The van der Waals surface area contributed by atoms with Crippen LogP contribution in [0.3, 0.4) is 0 Å². The zero-order valence-electron chi connectivity index (χ0n) is 17.4. The zero-order valence-corrected chi connectivity index (χ0v) is 18.4. The van der Waals surface area contributed by atoms with Gasteiger partial charge in [-0.25, -0.2) is 4.98 Å². The highest BCUT2D eigenvalue weighted by molar-refractivity contribution is 6.76. The van der Waals surface area contributed by atoms with E-state index in [4.69, 9.17) is 4.74 Å². The largest absolute Gasteiger partial charge is 0.368 e. The SMILES string of the molecule is Cc1cc2c(cc1N1CCN3CCC[C@H]3C1)ncn2COCC[Si](C)(C)C. The predicted molar refractivity (Wildman–Crippen MR) is 115 cm³/mol. The zero-order chi connectivity index (χ0) is 19.0. The van der Waals surface area contributed by atoms with Crippen LogP contribution < -0.4 is 4.90 Å². The number of ether oxygens (including phenoxy) is 1. The van der Waals surface area contributed by atoms with Crippen molar-refractivity contribution < 1.29 is 4.74 Å². The van der Waals surface area contributed by atoms with Gasteiger partial charge in [-0.15, -0.1) is 0 Å². The third-order valence-corrected chi connectivity index (χ3v) is 7.80. The van der Waals surface area contributed by atoms with E-state index < -0.39 is 8.07 Å². The van der Waals surface area contributed by atoms with E-state index in [2.05, 4.69) is 58.0 Å². The van der Waals surface area contributed by atoms with Crippen LogP contribution in [0.25, 0.3) is 11.0 Å². The fourth-order valence-corrected chi connectivity index (χ4v) is 5.15. The molecule has 0 bridgehead atoms. The molecule has 2 aliphatic rings. The number of imidazole rings is 1. The molecule has 1 atom stereocenters. The molecule has 0 unspecified atom stereocenters. The topological polar surface area (TPSA) is 33.5 Å². The summed E-state index contributed by atoms with van der Waals surface area (Å²) in [5.74, 6) is 0. The molecule has 0 N–H and O–H groups in total. The van der Waals surface area contributed by atoms with Crippen LogP contribution in [0.1, 0.15) is 18.4 Å². The number of hydrogen-bond acceptors (Lipinski definition) is 4. The number of nitrogens with zero attached hydrogens (tertiary/aromatic N) is 4. The van der Waals surface area contributed by atoms with Gasteiger partial charge in [-0.2, -0.15) is 0 Å². The second kappa shape index (κ2) is 7.57. The van der Waals surface area contributed by atoms with E-state index in [1.807, 2.05) is 6.33 Å². The molecular formula is C21H34N4OSi. The summed E-state index contributed by atoms with van der Waals surface area (Å²) in [5, 5.41) is 0. The van der Waals surface area contributed by atoms with Gasteiger partial charge in [0.2, 0.25) is 0 Å². The minimum Gasteiger partial charge on any atom is -0.368 e. The van der Waals surface area contributed by atoms with Gasteiger partial charge in [0, 0.05) is 46.0 Å². The summed E-state index contributed by atoms with van der Waals surface area (Å²) in [5.41, 5.74) is 4.97. The molecule has 6 heteroatoms. The summed E-state index contributed by atoms with van der Waals surface area (Å²) in [6.45, 7) is 15.6. The summed E-state index contributed by atoms with van der Waals surface area (Å²) in [4.78, 5) is 9.90. The average Bonchev–Trinajstić information content (AvgIpc) is 3.23. The number of benzene rings is 1. The van der Waals surface area contributed by atoms with Crippen LogP contribution in [0.5, 0.6) is 0 Å². The first-order chi connectivity index (χ1) is 12.9. The molecule has 1 aromatic heterocycles. The van der Waals surface area contributed by atoms with Crippen LogP contribution in [0.15, 0.2) is 18.5 Å². The molecule has 0 radical (unpaired) electrons. The molecule has 2 aromatic rings. The van der Waals surface area contributed by atoms with Gasteiger partial charge < -0.3 is 14.2 Å². The first-order valence-electron chi connectivity index (χ1n) is 10.4. The molecule has 0 amide bonds. The second-order valence-corrected chi connectivity index (χ2v) is 15.1. The number of piperazine rings is 1. The smallest absolute Gasteiger partial charge is 0.124 e. The standard InChI is InChI=1S/C21H34N4OSi/c1-17-12-21-19(22-15-25(21)16-26-10-11-27(2,3)4)13-20(17)24-9-8-23-7-5-6-18(23)14-24/h12-13,15,18H,5-11,14,16H2,1-4H3/t18-/m0/s1. The molecule has 5 nitrogen and oxygen atoms in total. The number of hydrogen-bond donors (Lipinski definition) is 0. The van der Waals surface area contributed by atoms with Crippen LogP contribution in [-0.2, 0) is 11.5 Å². The molecular weight excluding hydrogens is 352 g/mol. The normalized spacial score (nSPS) is 21.2. The van der Waals surface area contributed by atoms with Crippen molar-refractivity contribution in [2.45, 2.75) is 58.2 Å². The molecule has 0 spiro atoms. The van der Waals surface area contributed by atoms with Gasteiger partial charge in [-0.3, -0.25) is 4.90 Å². The van der Waals surface area contributed by atoms with Crippen molar-refractivity contribution in [2.75, 3.05) is 37.7 Å². The van der Waals surface area contributed by atoms with Crippen molar-refractivity contribution in [3.63, 3.8) is 0 Å². The second-order valence-electron chi connectivity index (χ2n) is 9.47. The van der Waals surface area contributed by atoms with Gasteiger partial charge in [0.25, 0.3) is 0 Å².